The summed E-state index contributed by atoms with van der Waals surface area (Å²) < 4.78 is 5.38. The molecule has 0 aromatic heterocycles. The number of nitrogens with two attached hydrogens (primary N) is 1. The first kappa shape index (κ1) is 16.1. The van der Waals surface area contributed by atoms with Gasteiger partial charge in [0.25, 0.3) is 0 Å². The molecule has 1 rings (SSSR count). The summed E-state index contributed by atoms with van der Waals surface area (Å²) in [5.41, 5.74) is 2.10. The summed E-state index contributed by atoms with van der Waals surface area (Å²) >= 11 is 1.46. The molecule has 1 atom stereocenters. The van der Waals surface area contributed by atoms with Gasteiger partial charge in [-0.3, -0.25) is 4.99 Å². The third kappa shape index (κ3) is 5.69. The van der Waals surface area contributed by atoms with E-state index in [1.165, 1.54) is 11.8 Å². The maximum absolute atomic E-state index is 12.0. The second-order valence-corrected chi connectivity index (χ2v) is 6.30. The standard InChI is InChI=1S/C12H24N4O2S/c1-12(2,3)18-11(17)16-7-5-6-9(8-16)14-10(15-13)19-4/h9H,5-8,13H2,1-4H3,(H,14,15)/t9-/m1/s1. The number of likely N-dealkylation sites (tertiary alicyclic amines) is 1. The van der Waals surface area contributed by atoms with Crippen LogP contribution in [0.25, 0.3) is 0 Å². The molecular formula is C12H24N4O2S. The van der Waals surface area contributed by atoms with Crippen LogP contribution in [0.1, 0.15) is 33.6 Å². The van der Waals surface area contributed by atoms with Crippen LogP contribution in [0, 0.1) is 0 Å². The van der Waals surface area contributed by atoms with Crippen LogP contribution in [0.2, 0.25) is 0 Å². The van der Waals surface area contributed by atoms with Gasteiger partial charge in [-0.15, -0.1) is 0 Å². The van der Waals surface area contributed by atoms with Crippen molar-refractivity contribution in [3.05, 3.63) is 0 Å². The molecule has 1 saturated heterocycles. The lowest BCUT2D eigenvalue weighted by molar-refractivity contribution is 0.0201. The number of aliphatic imine (C=N–C) groups is 1. The molecule has 7 heteroatoms. The lowest BCUT2D eigenvalue weighted by atomic mass is 10.1. The molecule has 0 spiro atoms. The van der Waals surface area contributed by atoms with Gasteiger partial charge in [0.1, 0.15) is 5.60 Å². The smallest absolute Gasteiger partial charge is 0.410 e. The Hall–Kier alpha value is -0.950. The number of carbonyl (C=O) groups is 1. The molecule has 0 radical (unpaired) electrons. The van der Waals surface area contributed by atoms with E-state index in [1.54, 1.807) is 4.90 Å². The molecule has 1 amide bonds. The second-order valence-electron chi connectivity index (χ2n) is 5.51. The quantitative estimate of drug-likeness (QED) is 0.331. The number of nitrogens with one attached hydrogen (secondary N) is 1. The number of rotatable bonds is 1. The SMILES string of the molecule is CS/C(=N/[C@@H]1CCCN(C(=O)OC(C)(C)C)C1)NN. The first-order chi connectivity index (χ1) is 8.85. The molecule has 0 aliphatic carbocycles. The molecule has 6 nitrogen and oxygen atoms in total. The van der Waals surface area contributed by atoms with Crippen molar-refractivity contribution in [2.75, 3.05) is 19.3 Å². The number of piperidine rings is 1. The lowest BCUT2D eigenvalue weighted by Crippen LogP contribution is -2.44. The fourth-order valence-corrected chi connectivity index (χ4v) is 2.24. The van der Waals surface area contributed by atoms with Crippen molar-refractivity contribution in [2.24, 2.45) is 10.8 Å². The number of ether oxygens (including phenoxy) is 1. The van der Waals surface area contributed by atoms with E-state index in [-0.39, 0.29) is 12.1 Å². The molecular weight excluding hydrogens is 264 g/mol. The topological polar surface area (TPSA) is 80.0 Å². The maximum Gasteiger partial charge on any atom is 0.410 e. The first-order valence-corrected chi connectivity index (χ1v) is 7.64. The zero-order valence-electron chi connectivity index (χ0n) is 12.1. The molecule has 0 saturated carbocycles. The van der Waals surface area contributed by atoms with Crippen LogP contribution in [0.5, 0.6) is 0 Å². The van der Waals surface area contributed by atoms with Gasteiger partial charge in [0, 0.05) is 13.1 Å². The molecule has 0 aromatic carbocycles. The van der Waals surface area contributed by atoms with Crippen molar-refractivity contribution in [1.82, 2.24) is 10.3 Å². The highest BCUT2D eigenvalue weighted by Crippen LogP contribution is 2.17. The molecule has 0 aromatic rings. The van der Waals surface area contributed by atoms with Crippen LogP contribution in [0.3, 0.4) is 0 Å². The summed E-state index contributed by atoms with van der Waals surface area (Å²) in [5, 5.41) is 0.691. The minimum absolute atomic E-state index is 0.0831. The number of hydrogen-bond donors (Lipinski definition) is 2. The minimum Gasteiger partial charge on any atom is -0.444 e. The minimum atomic E-state index is -0.462. The van der Waals surface area contributed by atoms with Gasteiger partial charge in [-0.1, -0.05) is 11.8 Å². The van der Waals surface area contributed by atoms with Gasteiger partial charge >= 0.3 is 6.09 Å². The summed E-state index contributed by atoms with van der Waals surface area (Å²) in [6.45, 7) is 6.92. The van der Waals surface area contributed by atoms with Crippen LogP contribution < -0.4 is 11.3 Å². The van der Waals surface area contributed by atoms with Gasteiger partial charge in [-0.05, 0) is 39.9 Å². The number of nitrogens with zero attached hydrogens (tertiary/aromatic N) is 2. The van der Waals surface area contributed by atoms with Crippen molar-refractivity contribution in [3.8, 4) is 0 Å². The van der Waals surface area contributed by atoms with Crippen LogP contribution in [0.15, 0.2) is 4.99 Å². The van der Waals surface area contributed by atoms with E-state index in [4.69, 9.17) is 10.6 Å². The number of hydrazine groups is 1. The average molecular weight is 288 g/mol. The summed E-state index contributed by atoms with van der Waals surface area (Å²) in [5.74, 6) is 5.37. The Labute approximate surface area is 119 Å². The van der Waals surface area contributed by atoms with E-state index in [2.05, 4.69) is 10.4 Å². The number of amides is 1. The van der Waals surface area contributed by atoms with Crippen molar-refractivity contribution in [3.63, 3.8) is 0 Å². The zero-order chi connectivity index (χ0) is 14.5. The molecule has 1 heterocycles. The number of carbonyl (C=O) groups excluding carboxylic acids is 1. The van der Waals surface area contributed by atoms with Crippen LogP contribution >= 0.6 is 11.8 Å². The molecule has 3 N–H and O–H groups in total. The van der Waals surface area contributed by atoms with Crippen LogP contribution in [-0.4, -0.2) is 47.1 Å². The van der Waals surface area contributed by atoms with Gasteiger partial charge in [-0.2, -0.15) is 0 Å². The summed E-state index contributed by atoms with van der Waals surface area (Å²) in [4.78, 5) is 18.2. The Morgan fingerprint density at radius 2 is 2.21 bits per heavy atom. The van der Waals surface area contributed by atoms with E-state index in [1.807, 2.05) is 27.0 Å². The lowest BCUT2D eigenvalue weighted by Gasteiger charge is -2.32. The third-order valence-corrected chi connectivity index (χ3v) is 3.27. The fourth-order valence-electron chi connectivity index (χ4n) is 1.87. The predicted molar refractivity (Wildman–Crippen MR) is 79.1 cm³/mol. The predicted octanol–water partition coefficient (Wildman–Crippen LogP) is 1.57. The molecule has 0 bridgehead atoms. The second kappa shape index (κ2) is 7.00. The molecule has 1 aliphatic rings. The molecule has 1 aliphatic heterocycles. The Kier molecular flexibility index (Phi) is 5.93. The largest absolute Gasteiger partial charge is 0.444 e. The Morgan fingerprint density at radius 3 is 2.74 bits per heavy atom. The highest BCUT2D eigenvalue weighted by molar-refractivity contribution is 8.13. The summed E-state index contributed by atoms with van der Waals surface area (Å²) in [6, 6.07) is 0.0831. The molecule has 1 fully saturated rings. The maximum atomic E-state index is 12.0. The Bertz CT molecular complexity index is 335. The normalized spacial score (nSPS) is 21.2. The van der Waals surface area contributed by atoms with E-state index in [9.17, 15) is 4.79 Å². The number of thioether (sulfide) groups is 1. The highest BCUT2D eigenvalue weighted by atomic mass is 32.2. The summed E-state index contributed by atoms with van der Waals surface area (Å²) in [6.07, 6.45) is 3.54. The number of amidine groups is 1. The van der Waals surface area contributed by atoms with Crippen molar-refractivity contribution in [2.45, 2.75) is 45.3 Å². The van der Waals surface area contributed by atoms with Crippen molar-refractivity contribution < 1.29 is 9.53 Å². The van der Waals surface area contributed by atoms with E-state index in [0.717, 1.165) is 19.4 Å². The van der Waals surface area contributed by atoms with E-state index >= 15 is 0 Å². The van der Waals surface area contributed by atoms with Crippen molar-refractivity contribution >= 4 is 23.0 Å². The Morgan fingerprint density at radius 1 is 1.53 bits per heavy atom. The summed E-state index contributed by atoms with van der Waals surface area (Å²) in [7, 11) is 0. The van der Waals surface area contributed by atoms with E-state index in [0.29, 0.717) is 11.7 Å². The first-order valence-electron chi connectivity index (χ1n) is 6.42. The highest BCUT2D eigenvalue weighted by Gasteiger charge is 2.27. The Balaban J connectivity index is 2.59. The molecule has 0 unspecified atom stereocenters. The monoisotopic (exact) mass is 288 g/mol. The van der Waals surface area contributed by atoms with E-state index < -0.39 is 5.60 Å². The van der Waals surface area contributed by atoms with Crippen LogP contribution in [-0.2, 0) is 4.74 Å². The van der Waals surface area contributed by atoms with Crippen molar-refractivity contribution in [1.29, 1.82) is 0 Å². The van der Waals surface area contributed by atoms with Gasteiger partial charge < -0.3 is 15.1 Å². The van der Waals surface area contributed by atoms with Gasteiger partial charge in [-0.25, -0.2) is 10.6 Å². The fraction of sp³-hybridized carbons (Fsp3) is 0.833. The zero-order valence-corrected chi connectivity index (χ0v) is 12.9. The van der Waals surface area contributed by atoms with Crippen LogP contribution in [0.4, 0.5) is 4.79 Å². The van der Waals surface area contributed by atoms with Gasteiger partial charge in [0.15, 0.2) is 5.17 Å². The average Bonchev–Trinajstić information content (AvgIpc) is 2.34. The third-order valence-electron chi connectivity index (χ3n) is 2.66. The number of hydrogen-bond acceptors (Lipinski definition) is 5. The van der Waals surface area contributed by atoms with Gasteiger partial charge in [0.2, 0.25) is 0 Å². The molecule has 110 valence electrons. The molecule has 19 heavy (non-hydrogen) atoms. The van der Waals surface area contributed by atoms with Gasteiger partial charge in [0.05, 0.1) is 6.04 Å².